The topological polar surface area (TPSA) is 132 Å². The van der Waals surface area contributed by atoms with Gasteiger partial charge in [0.2, 0.25) is 11.4 Å². The maximum atomic E-state index is 13.4. The van der Waals surface area contributed by atoms with Crippen LogP contribution in [0, 0.1) is 10.1 Å². The van der Waals surface area contributed by atoms with Gasteiger partial charge in [-0.15, -0.1) is 0 Å². The first-order valence-corrected chi connectivity index (χ1v) is 12.1. The number of anilines is 1. The Morgan fingerprint density at radius 3 is 2.45 bits per heavy atom. The van der Waals surface area contributed by atoms with Crippen molar-refractivity contribution in [3.8, 4) is 0 Å². The highest BCUT2D eigenvalue weighted by Gasteiger charge is 2.43. The third kappa shape index (κ3) is 5.57. The van der Waals surface area contributed by atoms with E-state index >= 15 is 0 Å². The minimum absolute atomic E-state index is 0.0735. The van der Waals surface area contributed by atoms with E-state index in [2.05, 4.69) is 5.32 Å². The number of amides is 1. The highest BCUT2D eigenvalue weighted by molar-refractivity contribution is 6.32. The molecule has 1 heterocycles. The van der Waals surface area contributed by atoms with E-state index in [1.54, 1.807) is 12.1 Å². The Kier molecular flexibility index (Phi) is 7.59. The zero-order valence-electron chi connectivity index (χ0n) is 20.3. The Labute approximate surface area is 222 Å². The number of rotatable bonds is 8. The fraction of sp³-hybridized carbons (Fsp3) is 0.179. The molecule has 2 atom stereocenters. The fourth-order valence-electron chi connectivity index (χ4n) is 4.32. The summed E-state index contributed by atoms with van der Waals surface area (Å²) in [4.78, 5) is 49.3. The lowest BCUT2D eigenvalue weighted by Crippen LogP contribution is -2.38. The Balaban J connectivity index is 1.70. The van der Waals surface area contributed by atoms with Gasteiger partial charge in [-0.3, -0.25) is 19.7 Å². The minimum Gasteiger partial charge on any atom is -0.478 e. The number of nitro groups is 1. The Hall–Kier alpha value is -4.50. The van der Waals surface area contributed by atoms with Crippen molar-refractivity contribution in [3.05, 3.63) is 127 Å². The lowest BCUT2D eigenvalue weighted by atomic mass is 9.81. The second kappa shape index (κ2) is 10.9. The third-order valence-corrected chi connectivity index (χ3v) is 6.79. The van der Waals surface area contributed by atoms with Gasteiger partial charge in [-0.05, 0) is 47.5 Å². The molecule has 194 valence electrons. The van der Waals surface area contributed by atoms with Crippen LogP contribution in [0.4, 0.5) is 5.69 Å². The van der Waals surface area contributed by atoms with E-state index in [1.807, 2.05) is 30.3 Å². The second-order valence-electron chi connectivity index (χ2n) is 9.12. The maximum Gasteiger partial charge on any atom is 0.335 e. The van der Waals surface area contributed by atoms with Gasteiger partial charge in [0.1, 0.15) is 6.04 Å². The van der Waals surface area contributed by atoms with Crippen LogP contribution in [0.2, 0.25) is 0 Å². The quantitative estimate of drug-likeness (QED) is 0.312. The molecule has 1 aliphatic carbocycles. The number of halogens is 1. The van der Waals surface area contributed by atoms with Gasteiger partial charge in [-0.1, -0.05) is 48.0 Å². The molecular formula is C28H24ClN3O6. The summed E-state index contributed by atoms with van der Waals surface area (Å²) in [5.74, 6) is -1.57. The number of hydrogen-bond donors (Lipinski definition) is 2. The molecule has 0 fully saturated rings. The van der Waals surface area contributed by atoms with Gasteiger partial charge in [0.15, 0.2) is 0 Å². The summed E-state index contributed by atoms with van der Waals surface area (Å²) in [6.45, 7) is 1.48. The van der Waals surface area contributed by atoms with Crippen molar-refractivity contribution in [3.63, 3.8) is 0 Å². The largest absolute Gasteiger partial charge is 0.478 e. The first kappa shape index (κ1) is 26.6. The van der Waals surface area contributed by atoms with Crippen LogP contribution in [0.25, 0.3) is 5.57 Å². The molecule has 10 heteroatoms. The normalized spacial score (nSPS) is 17.6. The zero-order chi connectivity index (χ0) is 27.4. The second-order valence-corrected chi connectivity index (χ2v) is 9.56. The van der Waals surface area contributed by atoms with Crippen molar-refractivity contribution in [2.75, 3.05) is 5.32 Å². The van der Waals surface area contributed by atoms with E-state index in [4.69, 9.17) is 16.7 Å². The number of nitrogens with zero attached hydrogens (tertiary/aromatic N) is 2. The highest BCUT2D eigenvalue weighted by atomic mass is 35.5. The molecule has 2 unspecified atom stereocenters. The number of allylic oxidation sites excluding steroid dienone is 2. The van der Waals surface area contributed by atoms with Crippen molar-refractivity contribution in [2.24, 2.45) is 0 Å². The number of benzene rings is 2. The van der Waals surface area contributed by atoms with Crippen molar-refractivity contribution < 1.29 is 19.6 Å². The Morgan fingerprint density at radius 1 is 1.16 bits per heavy atom. The van der Waals surface area contributed by atoms with E-state index < -0.39 is 33.9 Å². The smallest absolute Gasteiger partial charge is 0.335 e. The first-order valence-electron chi connectivity index (χ1n) is 11.7. The monoisotopic (exact) mass is 533 g/mol. The fourth-order valence-corrected chi connectivity index (χ4v) is 4.50. The van der Waals surface area contributed by atoms with Gasteiger partial charge in [0, 0.05) is 53.2 Å². The summed E-state index contributed by atoms with van der Waals surface area (Å²) in [5, 5.41) is 24.1. The number of carboxylic acids is 1. The van der Waals surface area contributed by atoms with Gasteiger partial charge >= 0.3 is 5.97 Å². The summed E-state index contributed by atoms with van der Waals surface area (Å²) in [6.07, 6.45) is 4.78. The maximum absolute atomic E-state index is 13.4. The molecule has 1 aliphatic rings. The average molecular weight is 534 g/mol. The van der Waals surface area contributed by atoms with E-state index in [0.717, 1.165) is 5.56 Å². The summed E-state index contributed by atoms with van der Waals surface area (Å²) in [7, 11) is 0. The van der Waals surface area contributed by atoms with Crippen LogP contribution < -0.4 is 10.9 Å². The number of aromatic carboxylic acids is 1. The molecule has 9 nitrogen and oxygen atoms in total. The molecule has 0 bridgehead atoms. The van der Waals surface area contributed by atoms with Crippen LogP contribution in [-0.4, -0.2) is 32.0 Å². The molecule has 0 aliphatic heterocycles. The molecule has 2 N–H and O–H groups in total. The predicted molar refractivity (Wildman–Crippen MR) is 144 cm³/mol. The van der Waals surface area contributed by atoms with Gasteiger partial charge in [0.05, 0.1) is 5.56 Å². The van der Waals surface area contributed by atoms with Crippen LogP contribution in [0.3, 0.4) is 0 Å². The molecule has 4 rings (SSSR count). The molecule has 3 aromatic rings. The van der Waals surface area contributed by atoms with Crippen LogP contribution in [0.1, 0.15) is 40.9 Å². The predicted octanol–water partition coefficient (Wildman–Crippen LogP) is 4.91. The molecular weight excluding hydrogens is 510 g/mol. The van der Waals surface area contributed by atoms with Crippen LogP contribution in [0.5, 0.6) is 0 Å². The van der Waals surface area contributed by atoms with Crippen molar-refractivity contribution >= 4 is 34.7 Å². The van der Waals surface area contributed by atoms with Crippen LogP contribution in [-0.2, 0) is 11.2 Å². The third-order valence-electron chi connectivity index (χ3n) is 6.53. The number of pyridine rings is 1. The van der Waals surface area contributed by atoms with Gasteiger partial charge in [-0.25, -0.2) is 4.79 Å². The van der Waals surface area contributed by atoms with Crippen molar-refractivity contribution in [1.29, 1.82) is 0 Å². The molecule has 2 aromatic carbocycles. The van der Waals surface area contributed by atoms with Crippen LogP contribution in [0.15, 0.2) is 94.9 Å². The first-order chi connectivity index (χ1) is 18.1. The summed E-state index contributed by atoms with van der Waals surface area (Å²) in [6, 6.07) is 16.7. The van der Waals surface area contributed by atoms with E-state index in [9.17, 15) is 24.5 Å². The summed E-state index contributed by atoms with van der Waals surface area (Å²) in [5.41, 5.74) is -0.0565. The number of carboxylic acid groups (broad SMARTS) is 1. The van der Waals surface area contributed by atoms with Crippen LogP contribution >= 0.6 is 11.6 Å². The number of carbonyl (C=O) groups is 2. The van der Waals surface area contributed by atoms with Gasteiger partial charge in [0.25, 0.3) is 5.56 Å². The summed E-state index contributed by atoms with van der Waals surface area (Å²) >= 11 is 6.14. The molecule has 38 heavy (non-hydrogen) atoms. The Bertz CT molecular complexity index is 1510. The number of carbonyl (C=O) groups excluding carboxylic acids is 1. The molecule has 1 amide bonds. The van der Waals surface area contributed by atoms with Crippen molar-refractivity contribution in [1.82, 2.24) is 4.57 Å². The average Bonchev–Trinajstić information content (AvgIpc) is 2.89. The van der Waals surface area contributed by atoms with E-state index in [0.29, 0.717) is 21.9 Å². The molecule has 0 spiro atoms. The standard InChI is InChI=1S/C28H24ClN3O6/c1-28(32(37)38)13-11-21(29)17-23(28)20-12-14-31(25(33)16-20)24(15-18-5-3-2-4-6-18)26(34)30-22-9-7-19(8-10-22)27(35)36/h2-12,14,16-17,24H,13,15H2,1H3,(H,30,34)(H,35,36). The number of aromatic nitrogens is 1. The molecule has 1 aromatic heterocycles. The minimum atomic E-state index is -1.46. The summed E-state index contributed by atoms with van der Waals surface area (Å²) < 4.78 is 1.28. The highest BCUT2D eigenvalue weighted by Crippen LogP contribution is 2.38. The SMILES string of the molecule is CC1([N+](=O)[O-])CC=C(Cl)C=C1c1ccn(C(Cc2ccccc2)C(=O)Nc2ccc(C(=O)O)cc2)c(=O)c1. The molecule has 0 saturated heterocycles. The number of hydrogen-bond acceptors (Lipinski definition) is 5. The van der Waals surface area contributed by atoms with E-state index in [1.165, 1.54) is 54.1 Å². The van der Waals surface area contributed by atoms with Gasteiger partial charge < -0.3 is 15.0 Å². The Morgan fingerprint density at radius 2 is 1.84 bits per heavy atom. The molecule has 0 saturated carbocycles. The number of nitrogens with one attached hydrogen (secondary N) is 1. The lowest BCUT2D eigenvalue weighted by Gasteiger charge is -2.26. The van der Waals surface area contributed by atoms with Gasteiger partial charge in [-0.2, -0.15) is 0 Å². The lowest BCUT2D eigenvalue weighted by molar-refractivity contribution is -0.545. The van der Waals surface area contributed by atoms with Crippen molar-refractivity contribution in [2.45, 2.75) is 31.3 Å². The zero-order valence-corrected chi connectivity index (χ0v) is 21.1. The molecule has 0 radical (unpaired) electrons. The van der Waals surface area contributed by atoms with E-state index in [-0.39, 0.29) is 18.4 Å².